The first kappa shape index (κ1) is 13.6. The lowest BCUT2D eigenvalue weighted by Crippen LogP contribution is -2.39. The number of carbonyl (C=O) groups is 1. The molecule has 0 radical (unpaired) electrons. The molecule has 0 aromatic heterocycles. The third-order valence-electron chi connectivity index (χ3n) is 2.57. The Morgan fingerprint density at radius 1 is 1.32 bits per heavy atom. The molecule has 0 saturated heterocycles. The van der Waals surface area contributed by atoms with Crippen LogP contribution in [0.2, 0.25) is 0 Å². The number of nitrogens with zero attached hydrogens (tertiary/aromatic N) is 1. The molecular formula is C11H12NO6S-. The summed E-state index contributed by atoms with van der Waals surface area (Å²) in [6.07, 6.45) is 0. The van der Waals surface area contributed by atoms with Gasteiger partial charge in [0.1, 0.15) is 13.2 Å². The van der Waals surface area contributed by atoms with Gasteiger partial charge in [-0.05, 0) is 12.1 Å². The molecule has 0 saturated carbocycles. The van der Waals surface area contributed by atoms with E-state index >= 15 is 0 Å². The second-order valence-electron chi connectivity index (χ2n) is 3.94. The quantitative estimate of drug-likeness (QED) is 0.692. The molecule has 1 aliphatic rings. The second kappa shape index (κ2) is 5.06. The van der Waals surface area contributed by atoms with E-state index in [1.165, 1.54) is 25.2 Å². The van der Waals surface area contributed by atoms with Crippen LogP contribution in [0.5, 0.6) is 11.5 Å². The zero-order valence-corrected chi connectivity index (χ0v) is 11.0. The summed E-state index contributed by atoms with van der Waals surface area (Å²) in [4.78, 5) is 10.4. The topological polar surface area (TPSA) is 96.0 Å². The van der Waals surface area contributed by atoms with Gasteiger partial charge in [-0.1, -0.05) is 0 Å². The number of aliphatic carboxylic acids is 1. The Kier molecular flexibility index (Phi) is 3.63. The first-order valence-electron chi connectivity index (χ1n) is 5.47. The van der Waals surface area contributed by atoms with E-state index in [-0.39, 0.29) is 4.90 Å². The Bertz CT molecular complexity index is 597. The van der Waals surface area contributed by atoms with Crippen molar-refractivity contribution < 1.29 is 27.8 Å². The fourth-order valence-electron chi connectivity index (χ4n) is 1.63. The minimum absolute atomic E-state index is 0.0551. The minimum Gasteiger partial charge on any atom is -0.549 e. The van der Waals surface area contributed by atoms with Crippen molar-refractivity contribution in [1.29, 1.82) is 0 Å². The molecule has 0 atom stereocenters. The lowest BCUT2D eigenvalue weighted by molar-refractivity contribution is -0.305. The normalized spacial score (nSPS) is 14.4. The Labute approximate surface area is 110 Å². The highest BCUT2D eigenvalue weighted by Gasteiger charge is 2.23. The molecule has 1 aliphatic heterocycles. The van der Waals surface area contributed by atoms with Gasteiger partial charge in [0.15, 0.2) is 11.5 Å². The molecule has 104 valence electrons. The van der Waals surface area contributed by atoms with Crippen molar-refractivity contribution in [2.75, 3.05) is 26.8 Å². The SMILES string of the molecule is CN(CC(=O)[O-])S(=O)(=O)c1ccc2c(c1)OCCO2. The largest absolute Gasteiger partial charge is 0.549 e. The maximum Gasteiger partial charge on any atom is 0.243 e. The first-order chi connectivity index (χ1) is 8.91. The summed E-state index contributed by atoms with van der Waals surface area (Å²) in [7, 11) is -2.72. The number of benzene rings is 1. The Balaban J connectivity index is 2.33. The van der Waals surface area contributed by atoms with Crippen LogP contribution in [0.4, 0.5) is 0 Å². The number of hydrogen-bond donors (Lipinski definition) is 0. The van der Waals surface area contributed by atoms with E-state index in [1.807, 2.05) is 0 Å². The second-order valence-corrected chi connectivity index (χ2v) is 5.98. The summed E-state index contributed by atoms with van der Waals surface area (Å²) < 4.78 is 35.4. The highest BCUT2D eigenvalue weighted by atomic mass is 32.2. The van der Waals surface area contributed by atoms with Gasteiger partial charge in [0.2, 0.25) is 10.0 Å². The molecule has 19 heavy (non-hydrogen) atoms. The van der Waals surface area contributed by atoms with Crippen molar-refractivity contribution in [3.8, 4) is 11.5 Å². The summed E-state index contributed by atoms with van der Waals surface area (Å²) >= 11 is 0. The highest BCUT2D eigenvalue weighted by molar-refractivity contribution is 7.89. The van der Waals surface area contributed by atoms with Gasteiger partial charge in [-0.2, -0.15) is 4.31 Å². The molecule has 7 nitrogen and oxygen atoms in total. The van der Waals surface area contributed by atoms with Crippen molar-refractivity contribution in [2.45, 2.75) is 4.90 Å². The summed E-state index contributed by atoms with van der Waals surface area (Å²) in [5.41, 5.74) is 0. The van der Waals surface area contributed by atoms with Gasteiger partial charge in [-0.15, -0.1) is 0 Å². The fourth-order valence-corrected chi connectivity index (χ4v) is 2.76. The van der Waals surface area contributed by atoms with E-state index in [0.717, 1.165) is 0 Å². The van der Waals surface area contributed by atoms with Gasteiger partial charge in [0.05, 0.1) is 17.4 Å². The van der Waals surface area contributed by atoms with Crippen LogP contribution < -0.4 is 14.6 Å². The lowest BCUT2D eigenvalue weighted by Gasteiger charge is -2.21. The number of carboxylic acid groups (broad SMARTS) is 1. The third kappa shape index (κ3) is 2.79. The van der Waals surface area contributed by atoms with E-state index in [1.54, 1.807) is 0 Å². The van der Waals surface area contributed by atoms with Crippen LogP contribution in [0.25, 0.3) is 0 Å². The van der Waals surface area contributed by atoms with E-state index in [9.17, 15) is 18.3 Å². The van der Waals surface area contributed by atoms with E-state index in [2.05, 4.69) is 0 Å². The van der Waals surface area contributed by atoms with Gasteiger partial charge >= 0.3 is 0 Å². The zero-order valence-electron chi connectivity index (χ0n) is 10.2. The first-order valence-corrected chi connectivity index (χ1v) is 6.91. The summed E-state index contributed by atoms with van der Waals surface area (Å²) in [6.45, 7) is 0.0336. The number of carboxylic acids is 1. The molecular weight excluding hydrogens is 274 g/mol. The maximum atomic E-state index is 12.1. The van der Waals surface area contributed by atoms with E-state index in [0.29, 0.717) is 29.0 Å². The van der Waals surface area contributed by atoms with Crippen molar-refractivity contribution in [3.05, 3.63) is 18.2 Å². The fraction of sp³-hybridized carbons (Fsp3) is 0.364. The monoisotopic (exact) mass is 286 g/mol. The number of carbonyl (C=O) groups excluding carboxylic acids is 1. The molecule has 8 heteroatoms. The zero-order chi connectivity index (χ0) is 14.0. The molecule has 1 aromatic carbocycles. The number of sulfonamides is 1. The molecule has 0 unspecified atom stereocenters. The summed E-state index contributed by atoms with van der Waals surface area (Å²) in [5.74, 6) is -0.675. The van der Waals surface area contributed by atoms with Crippen LogP contribution in [0.15, 0.2) is 23.1 Å². The van der Waals surface area contributed by atoms with E-state index in [4.69, 9.17) is 9.47 Å². The van der Waals surface area contributed by atoms with Gasteiger partial charge in [0, 0.05) is 13.1 Å². The Morgan fingerprint density at radius 3 is 2.58 bits per heavy atom. The lowest BCUT2D eigenvalue weighted by atomic mass is 10.3. The van der Waals surface area contributed by atoms with Crippen LogP contribution >= 0.6 is 0 Å². The van der Waals surface area contributed by atoms with Gasteiger partial charge < -0.3 is 19.4 Å². The predicted molar refractivity (Wildman–Crippen MR) is 62.3 cm³/mol. The number of rotatable bonds is 4. The van der Waals surface area contributed by atoms with Crippen molar-refractivity contribution in [2.24, 2.45) is 0 Å². The third-order valence-corrected chi connectivity index (χ3v) is 4.37. The highest BCUT2D eigenvalue weighted by Crippen LogP contribution is 2.32. The van der Waals surface area contributed by atoms with Crippen LogP contribution in [-0.4, -0.2) is 45.5 Å². The Hall–Kier alpha value is -1.80. The van der Waals surface area contributed by atoms with Gasteiger partial charge in [-0.25, -0.2) is 8.42 Å². The smallest absolute Gasteiger partial charge is 0.243 e. The Morgan fingerprint density at radius 2 is 1.95 bits per heavy atom. The molecule has 0 spiro atoms. The van der Waals surface area contributed by atoms with E-state index < -0.39 is 22.5 Å². The number of likely N-dealkylation sites (N-methyl/N-ethyl adjacent to an activating group) is 1. The van der Waals surface area contributed by atoms with Crippen molar-refractivity contribution in [3.63, 3.8) is 0 Å². The number of hydrogen-bond acceptors (Lipinski definition) is 6. The van der Waals surface area contributed by atoms with Crippen LogP contribution in [0, 0.1) is 0 Å². The maximum absolute atomic E-state index is 12.1. The van der Waals surface area contributed by atoms with Crippen molar-refractivity contribution >= 4 is 16.0 Å². The average Bonchev–Trinajstić information content (AvgIpc) is 2.37. The summed E-state index contributed by atoms with van der Waals surface area (Å²) in [5, 5.41) is 10.5. The van der Waals surface area contributed by atoms with Gasteiger partial charge in [-0.3, -0.25) is 0 Å². The van der Waals surface area contributed by atoms with Crippen LogP contribution in [0.1, 0.15) is 0 Å². The molecule has 1 aromatic rings. The average molecular weight is 286 g/mol. The van der Waals surface area contributed by atoms with Crippen molar-refractivity contribution in [1.82, 2.24) is 4.31 Å². The van der Waals surface area contributed by atoms with Gasteiger partial charge in [0.25, 0.3) is 0 Å². The summed E-state index contributed by atoms with van der Waals surface area (Å²) in [6, 6.07) is 4.14. The van der Waals surface area contributed by atoms with Crippen LogP contribution in [0.3, 0.4) is 0 Å². The molecule has 1 heterocycles. The number of fused-ring (bicyclic) bond motifs is 1. The predicted octanol–water partition coefficient (Wildman–Crippen LogP) is -1.17. The van der Waals surface area contributed by atoms with Crippen LogP contribution in [-0.2, 0) is 14.8 Å². The molecule has 2 rings (SSSR count). The molecule has 0 fully saturated rings. The molecule has 0 amide bonds. The number of ether oxygens (including phenoxy) is 2. The molecule has 0 aliphatic carbocycles. The molecule has 0 bridgehead atoms. The minimum atomic E-state index is -3.89. The molecule has 0 N–H and O–H groups in total. The standard InChI is InChI=1S/C11H13NO6S/c1-12(7-11(13)14)19(15,16)8-2-3-9-10(6-8)18-5-4-17-9/h2-3,6H,4-5,7H2,1H3,(H,13,14)/p-1.